The normalized spacial score (nSPS) is 18.8. The SMILES string of the molecule is Cc1ccc(C)c(CNC(C)C2CCOCC2)c1. The zero-order chi connectivity index (χ0) is 13.0. The zero-order valence-corrected chi connectivity index (χ0v) is 11.8. The fraction of sp³-hybridized carbons (Fsp3) is 0.625. The van der Waals surface area contributed by atoms with E-state index in [9.17, 15) is 0 Å². The Bertz CT molecular complexity index is 383. The smallest absolute Gasteiger partial charge is 0.0469 e. The number of hydrogen-bond acceptors (Lipinski definition) is 2. The summed E-state index contributed by atoms with van der Waals surface area (Å²) in [6.45, 7) is 9.49. The van der Waals surface area contributed by atoms with Crippen LogP contribution < -0.4 is 5.32 Å². The maximum Gasteiger partial charge on any atom is 0.0469 e. The summed E-state index contributed by atoms with van der Waals surface area (Å²) < 4.78 is 5.42. The van der Waals surface area contributed by atoms with Crippen molar-refractivity contribution in [2.75, 3.05) is 13.2 Å². The Labute approximate surface area is 111 Å². The van der Waals surface area contributed by atoms with Gasteiger partial charge in [0.15, 0.2) is 0 Å². The van der Waals surface area contributed by atoms with Gasteiger partial charge in [-0.3, -0.25) is 0 Å². The highest BCUT2D eigenvalue weighted by Crippen LogP contribution is 2.19. The second-order valence-corrected chi connectivity index (χ2v) is 5.55. The summed E-state index contributed by atoms with van der Waals surface area (Å²) in [5.74, 6) is 0.767. The lowest BCUT2D eigenvalue weighted by molar-refractivity contribution is 0.0558. The second-order valence-electron chi connectivity index (χ2n) is 5.55. The van der Waals surface area contributed by atoms with Crippen LogP contribution in [0.5, 0.6) is 0 Å². The average molecular weight is 247 g/mol. The monoisotopic (exact) mass is 247 g/mol. The van der Waals surface area contributed by atoms with Gasteiger partial charge in [-0.15, -0.1) is 0 Å². The van der Waals surface area contributed by atoms with Gasteiger partial charge in [0.2, 0.25) is 0 Å². The van der Waals surface area contributed by atoms with E-state index >= 15 is 0 Å². The molecule has 100 valence electrons. The van der Waals surface area contributed by atoms with E-state index in [0.29, 0.717) is 6.04 Å². The molecule has 2 heteroatoms. The van der Waals surface area contributed by atoms with E-state index in [4.69, 9.17) is 4.74 Å². The van der Waals surface area contributed by atoms with Gasteiger partial charge in [-0.05, 0) is 50.7 Å². The molecule has 1 unspecified atom stereocenters. The average Bonchev–Trinajstić information content (AvgIpc) is 2.40. The molecular weight excluding hydrogens is 222 g/mol. The topological polar surface area (TPSA) is 21.3 Å². The van der Waals surface area contributed by atoms with Crippen LogP contribution in [0.15, 0.2) is 18.2 Å². The molecule has 0 aromatic heterocycles. The zero-order valence-electron chi connectivity index (χ0n) is 11.8. The van der Waals surface area contributed by atoms with Gasteiger partial charge in [0.1, 0.15) is 0 Å². The van der Waals surface area contributed by atoms with E-state index in [-0.39, 0.29) is 0 Å². The van der Waals surface area contributed by atoms with Crippen molar-refractivity contribution in [1.82, 2.24) is 5.32 Å². The highest BCUT2D eigenvalue weighted by molar-refractivity contribution is 5.30. The lowest BCUT2D eigenvalue weighted by Crippen LogP contribution is -2.36. The highest BCUT2D eigenvalue weighted by atomic mass is 16.5. The first kappa shape index (κ1) is 13.6. The summed E-state index contributed by atoms with van der Waals surface area (Å²) in [5, 5.41) is 3.68. The van der Waals surface area contributed by atoms with Gasteiger partial charge in [0.25, 0.3) is 0 Å². The molecule has 1 aromatic rings. The first-order valence-electron chi connectivity index (χ1n) is 7.04. The van der Waals surface area contributed by atoms with Gasteiger partial charge in [0, 0.05) is 25.8 Å². The minimum Gasteiger partial charge on any atom is -0.381 e. The fourth-order valence-corrected chi connectivity index (χ4v) is 2.64. The lowest BCUT2D eigenvalue weighted by Gasteiger charge is -2.28. The molecule has 18 heavy (non-hydrogen) atoms. The van der Waals surface area contributed by atoms with Crippen LogP contribution in [0.2, 0.25) is 0 Å². The van der Waals surface area contributed by atoms with Gasteiger partial charge in [0.05, 0.1) is 0 Å². The maximum atomic E-state index is 5.42. The summed E-state index contributed by atoms with van der Waals surface area (Å²) in [7, 11) is 0. The van der Waals surface area contributed by atoms with Gasteiger partial charge in [-0.2, -0.15) is 0 Å². The Balaban J connectivity index is 1.88. The van der Waals surface area contributed by atoms with Crippen LogP contribution in [0.4, 0.5) is 0 Å². The predicted molar refractivity (Wildman–Crippen MR) is 75.8 cm³/mol. The molecule has 0 aliphatic carbocycles. The van der Waals surface area contributed by atoms with Crippen LogP contribution in [-0.4, -0.2) is 19.3 Å². The van der Waals surface area contributed by atoms with Crippen molar-refractivity contribution in [2.45, 2.75) is 46.2 Å². The first-order chi connectivity index (χ1) is 8.66. The minimum absolute atomic E-state index is 0.578. The van der Waals surface area contributed by atoms with Crippen LogP contribution in [0, 0.1) is 19.8 Å². The van der Waals surface area contributed by atoms with Crippen molar-refractivity contribution < 1.29 is 4.74 Å². The summed E-state index contributed by atoms with van der Waals surface area (Å²) in [4.78, 5) is 0. The minimum atomic E-state index is 0.578. The van der Waals surface area contributed by atoms with Gasteiger partial charge >= 0.3 is 0 Å². The lowest BCUT2D eigenvalue weighted by atomic mass is 9.92. The van der Waals surface area contributed by atoms with E-state index in [0.717, 1.165) is 25.7 Å². The van der Waals surface area contributed by atoms with Crippen LogP contribution in [0.25, 0.3) is 0 Å². The summed E-state index contributed by atoms with van der Waals surface area (Å²) in [6.07, 6.45) is 2.39. The molecular formula is C16H25NO. The standard InChI is InChI=1S/C16H25NO/c1-12-4-5-13(2)16(10-12)11-17-14(3)15-6-8-18-9-7-15/h4-5,10,14-15,17H,6-9,11H2,1-3H3. The van der Waals surface area contributed by atoms with Gasteiger partial charge < -0.3 is 10.1 Å². The van der Waals surface area contributed by atoms with E-state index in [1.807, 2.05) is 0 Å². The highest BCUT2D eigenvalue weighted by Gasteiger charge is 2.19. The third-order valence-electron chi connectivity index (χ3n) is 4.09. The summed E-state index contributed by atoms with van der Waals surface area (Å²) in [6, 6.07) is 7.26. The molecule has 2 rings (SSSR count). The maximum absolute atomic E-state index is 5.42. The Morgan fingerprint density at radius 3 is 2.72 bits per heavy atom. The number of aryl methyl sites for hydroxylation is 2. The van der Waals surface area contributed by atoms with Gasteiger partial charge in [-0.1, -0.05) is 23.8 Å². The number of ether oxygens (including phenoxy) is 1. The second kappa shape index (κ2) is 6.35. The third-order valence-corrected chi connectivity index (χ3v) is 4.09. The number of hydrogen-bond donors (Lipinski definition) is 1. The van der Waals surface area contributed by atoms with Crippen LogP contribution >= 0.6 is 0 Å². The molecule has 1 N–H and O–H groups in total. The van der Waals surface area contributed by atoms with E-state index in [1.54, 1.807) is 0 Å². The number of rotatable bonds is 4. The summed E-state index contributed by atoms with van der Waals surface area (Å²) >= 11 is 0. The Morgan fingerprint density at radius 1 is 1.28 bits per heavy atom. The quantitative estimate of drug-likeness (QED) is 0.882. The van der Waals surface area contributed by atoms with Crippen molar-refractivity contribution in [1.29, 1.82) is 0 Å². The predicted octanol–water partition coefficient (Wildman–Crippen LogP) is 3.21. The molecule has 1 aliphatic rings. The Hall–Kier alpha value is -0.860. The molecule has 0 spiro atoms. The molecule has 2 nitrogen and oxygen atoms in total. The Morgan fingerprint density at radius 2 is 2.00 bits per heavy atom. The van der Waals surface area contributed by atoms with E-state index < -0.39 is 0 Å². The molecule has 1 aliphatic heterocycles. The number of nitrogens with one attached hydrogen (secondary N) is 1. The van der Waals surface area contributed by atoms with Crippen LogP contribution in [0.3, 0.4) is 0 Å². The Kier molecular flexibility index (Phi) is 4.79. The molecule has 1 atom stereocenters. The largest absolute Gasteiger partial charge is 0.381 e. The van der Waals surface area contributed by atoms with Crippen molar-refractivity contribution in [3.8, 4) is 0 Å². The van der Waals surface area contributed by atoms with Gasteiger partial charge in [-0.25, -0.2) is 0 Å². The first-order valence-corrected chi connectivity index (χ1v) is 7.04. The van der Waals surface area contributed by atoms with E-state index in [2.05, 4.69) is 44.3 Å². The van der Waals surface area contributed by atoms with Crippen molar-refractivity contribution >= 4 is 0 Å². The molecule has 1 saturated heterocycles. The van der Waals surface area contributed by atoms with Crippen molar-refractivity contribution in [3.63, 3.8) is 0 Å². The third kappa shape index (κ3) is 3.56. The van der Waals surface area contributed by atoms with Crippen LogP contribution in [0.1, 0.15) is 36.5 Å². The molecule has 1 aromatic carbocycles. The fourth-order valence-electron chi connectivity index (χ4n) is 2.64. The molecule has 0 bridgehead atoms. The summed E-state index contributed by atoms with van der Waals surface area (Å²) in [5.41, 5.74) is 4.15. The molecule has 1 fully saturated rings. The molecule has 0 saturated carbocycles. The molecule has 0 radical (unpaired) electrons. The van der Waals surface area contributed by atoms with E-state index in [1.165, 1.54) is 29.5 Å². The number of benzene rings is 1. The molecule has 1 heterocycles. The van der Waals surface area contributed by atoms with Crippen LogP contribution in [-0.2, 0) is 11.3 Å². The van der Waals surface area contributed by atoms with Crippen molar-refractivity contribution in [3.05, 3.63) is 34.9 Å². The molecule has 0 amide bonds. The van der Waals surface area contributed by atoms with Crippen molar-refractivity contribution in [2.24, 2.45) is 5.92 Å².